The normalized spacial score (nSPS) is 18.8. The third-order valence-electron chi connectivity index (χ3n) is 3.78. The van der Waals surface area contributed by atoms with Crippen LogP contribution in [0.4, 0.5) is 0 Å². The van der Waals surface area contributed by atoms with E-state index < -0.39 is 20.6 Å². The highest BCUT2D eigenvalue weighted by Gasteiger charge is 2.38. The van der Waals surface area contributed by atoms with Gasteiger partial charge in [-0.2, -0.15) is 4.98 Å². The zero-order valence-electron chi connectivity index (χ0n) is 12.0. The molecule has 2 N–H and O–H groups in total. The molecule has 7 nitrogen and oxygen atoms in total. The van der Waals surface area contributed by atoms with Gasteiger partial charge in [-0.3, -0.25) is 0 Å². The smallest absolute Gasteiger partial charge is 0.247 e. The van der Waals surface area contributed by atoms with Gasteiger partial charge in [0.15, 0.2) is 15.7 Å². The van der Waals surface area contributed by atoms with Crippen molar-refractivity contribution in [2.24, 2.45) is 5.73 Å². The SMILES string of the molecule is CC(C)(c1nc(C(N)COC2CCC2)no1)S(C)(=O)=O. The van der Waals surface area contributed by atoms with Crippen molar-refractivity contribution in [1.82, 2.24) is 10.1 Å². The van der Waals surface area contributed by atoms with Crippen molar-refractivity contribution >= 4 is 9.84 Å². The minimum Gasteiger partial charge on any atom is -0.376 e. The molecule has 1 heterocycles. The van der Waals surface area contributed by atoms with Gasteiger partial charge in [0.2, 0.25) is 5.89 Å². The van der Waals surface area contributed by atoms with Gasteiger partial charge in [-0.25, -0.2) is 8.42 Å². The number of ether oxygens (including phenoxy) is 1. The molecule has 114 valence electrons. The molecule has 0 amide bonds. The van der Waals surface area contributed by atoms with Crippen molar-refractivity contribution in [3.63, 3.8) is 0 Å². The molecule has 1 fully saturated rings. The van der Waals surface area contributed by atoms with E-state index in [0.29, 0.717) is 6.61 Å². The topological polar surface area (TPSA) is 108 Å². The minimum absolute atomic E-state index is 0.0501. The van der Waals surface area contributed by atoms with Gasteiger partial charge < -0.3 is 15.0 Å². The Morgan fingerprint density at radius 1 is 1.50 bits per heavy atom. The largest absolute Gasteiger partial charge is 0.376 e. The molecule has 0 aromatic carbocycles. The van der Waals surface area contributed by atoms with Crippen LogP contribution < -0.4 is 5.73 Å². The Morgan fingerprint density at radius 3 is 2.65 bits per heavy atom. The molecule has 0 radical (unpaired) electrons. The molecule has 20 heavy (non-hydrogen) atoms. The second-order valence-corrected chi connectivity index (χ2v) is 8.30. The summed E-state index contributed by atoms with van der Waals surface area (Å²) in [5.41, 5.74) is 5.93. The van der Waals surface area contributed by atoms with E-state index in [1.807, 2.05) is 0 Å². The Hall–Kier alpha value is -0.990. The predicted molar refractivity (Wildman–Crippen MR) is 72.7 cm³/mol. The third-order valence-corrected chi connectivity index (χ3v) is 5.81. The number of hydrogen-bond donors (Lipinski definition) is 1. The molecule has 1 aliphatic carbocycles. The lowest BCUT2D eigenvalue weighted by molar-refractivity contribution is -0.00549. The summed E-state index contributed by atoms with van der Waals surface area (Å²) in [5, 5.41) is 3.76. The Morgan fingerprint density at radius 2 is 2.15 bits per heavy atom. The molecule has 1 unspecified atom stereocenters. The predicted octanol–water partition coefficient (Wildman–Crippen LogP) is 0.918. The fraction of sp³-hybridized carbons (Fsp3) is 0.833. The Kier molecular flexibility index (Phi) is 4.17. The standard InChI is InChI=1S/C12H21N3O4S/c1-12(2,20(3,16)17)11-14-10(15-19-11)9(13)7-18-8-5-4-6-8/h8-9H,4-7,13H2,1-3H3. The number of nitrogens with two attached hydrogens (primary N) is 1. The van der Waals surface area contributed by atoms with Crippen LogP contribution in [0.15, 0.2) is 4.52 Å². The Bertz CT molecular complexity index is 563. The van der Waals surface area contributed by atoms with E-state index in [4.69, 9.17) is 15.0 Å². The molecular formula is C12H21N3O4S. The lowest BCUT2D eigenvalue weighted by Gasteiger charge is -2.26. The number of hydrogen-bond acceptors (Lipinski definition) is 7. The van der Waals surface area contributed by atoms with Gasteiger partial charge in [0.25, 0.3) is 0 Å². The molecule has 8 heteroatoms. The van der Waals surface area contributed by atoms with E-state index in [1.165, 1.54) is 20.3 Å². The average molecular weight is 303 g/mol. The average Bonchev–Trinajstić information content (AvgIpc) is 2.74. The quantitative estimate of drug-likeness (QED) is 0.832. The first-order chi connectivity index (χ1) is 9.22. The molecule has 0 saturated heterocycles. The fourth-order valence-electron chi connectivity index (χ4n) is 1.64. The summed E-state index contributed by atoms with van der Waals surface area (Å²) in [6, 6.07) is -0.511. The van der Waals surface area contributed by atoms with Crippen molar-refractivity contribution < 1.29 is 17.7 Å². The van der Waals surface area contributed by atoms with Crippen LogP contribution in [0.25, 0.3) is 0 Å². The molecule has 0 bridgehead atoms. The van der Waals surface area contributed by atoms with E-state index in [-0.39, 0.29) is 17.8 Å². The van der Waals surface area contributed by atoms with Crippen LogP contribution in [0.2, 0.25) is 0 Å². The fourth-order valence-corrected chi connectivity index (χ4v) is 2.04. The van der Waals surface area contributed by atoms with Crippen LogP contribution in [0.1, 0.15) is 50.9 Å². The summed E-state index contributed by atoms with van der Waals surface area (Å²) in [4.78, 5) is 4.11. The maximum Gasteiger partial charge on any atom is 0.247 e. The molecular weight excluding hydrogens is 282 g/mol. The van der Waals surface area contributed by atoms with Gasteiger partial charge in [0.1, 0.15) is 4.75 Å². The van der Waals surface area contributed by atoms with Crippen LogP contribution >= 0.6 is 0 Å². The molecule has 1 aromatic rings. The number of nitrogens with zero attached hydrogens (tertiary/aromatic N) is 2. The van der Waals surface area contributed by atoms with E-state index in [2.05, 4.69) is 10.1 Å². The van der Waals surface area contributed by atoms with Crippen molar-refractivity contribution in [3.05, 3.63) is 11.7 Å². The summed E-state index contributed by atoms with van der Waals surface area (Å²) < 4.78 is 32.8. The highest BCUT2D eigenvalue weighted by atomic mass is 32.2. The molecule has 1 atom stereocenters. The molecule has 1 saturated carbocycles. The third kappa shape index (κ3) is 3.02. The van der Waals surface area contributed by atoms with E-state index in [0.717, 1.165) is 19.1 Å². The number of rotatable bonds is 6. The lowest BCUT2D eigenvalue weighted by atomic mass is 9.96. The maximum atomic E-state index is 11.7. The van der Waals surface area contributed by atoms with E-state index in [1.54, 1.807) is 0 Å². The first-order valence-corrected chi connectivity index (χ1v) is 8.52. The zero-order valence-corrected chi connectivity index (χ0v) is 12.8. The highest BCUT2D eigenvalue weighted by Crippen LogP contribution is 2.28. The summed E-state index contributed by atoms with van der Waals surface area (Å²) in [5.74, 6) is 0.324. The molecule has 0 spiro atoms. The van der Waals surface area contributed by atoms with Crippen LogP contribution in [0.3, 0.4) is 0 Å². The second-order valence-electron chi connectivity index (χ2n) is 5.73. The van der Waals surface area contributed by atoms with Crippen LogP contribution in [0.5, 0.6) is 0 Å². The zero-order chi connectivity index (χ0) is 15.0. The highest BCUT2D eigenvalue weighted by molar-refractivity contribution is 7.91. The first-order valence-electron chi connectivity index (χ1n) is 6.62. The monoisotopic (exact) mass is 303 g/mol. The van der Waals surface area contributed by atoms with Gasteiger partial charge in [-0.05, 0) is 33.1 Å². The van der Waals surface area contributed by atoms with Crippen molar-refractivity contribution in [3.8, 4) is 0 Å². The Labute approximate surface area is 118 Å². The number of sulfone groups is 1. The van der Waals surface area contributed by atoms with E-state index >= 15 is 0 Å². The lowest BCUT2D eigenvalue weighted by Crippen LogP contribution is -2.29. The van der Waals surface area contributed by atoms with Crippen molar-refractivity contribution in [2.75, 3.05) is 12.9 Å². The van der Waals surface area contributed by atoms with Crippen molar-refractivity contribution in [2.45, 2.75) is 50.0 Å². The molecule has 0 aliphatic heterocycles. The minimum atomic E-state index is -3.36. The van der Waals surface area contributed by atoms with Crippen LogP contribution in [0, 0.1) is 0 Å². The molecule has 1 aromatic heterocycles. The first kappa shape index (κ1) is 15.4. The van der Waals surface area contributed by atoms with Gasteiger partial charge in [-0.1, -0.05) is 5.16 Å². The summed E-state index contributed by atoms with van der Waals surface area (Å²) in [7, 11) is -3.36. The van der Waals surface area contributed by atoms with Gasteiger partial charge in [0, 0.05) is 6.26 Å². The summed E-state index contributed by atoms with van der Waals surface area (Å²) >= 11 is 0. The molecule has 2 rings (SSSR count). The van der Waals surface area contributed by atoms with Gasteiger partial charge >= 0.3 is 0 Å². The second kappa shape index (κ2) is 5.42. The summed E-state index contributed by atoms with van der Waals surface area (Å²) in [6.07, 6.45) is 4.72. The summed E-state index contributed by atoms with van der Waals surface area (Å²) in [6.45, 7) is 3.36. The van der Waals surface area contributed by atoms with Crippen LogP contribution in [-0.2, 0) is 19.3 Å². The number of aromatic nitrogens is 2. The maximum absolute atomic E-state index is 11.7. The van der Waals surface area contributed by atoms with Crippen LogP contribution in [-0.4, -0.2) is 37.5 Å². The Balaban J connectivity index is 2.04. The van der Waals surface area contributed by atoms with Gasteiger partial charge in [0.05, 0.1) is 18.8 Å². The van der Waals surface area contributed by atoms with Gasteiger partial charge in [-0.15, -0.1) is 0 Å². The molecule has 1 aliphatic rings. The van der Waals surface area contributed by atoms with Crippen molar-refractivity contribution in [1.29, 1.82) is 0 Å². The van der Waals surface area contributed by atoms with E-state index in [9.17, 15) is 8.42 Å².